The lowest BCUT2D eigenvalue weighted by Crippen LogP contribution is -2.25. The first-order chi connectivity index (χ1) is 9.06. The average molecular weight is 262 g/mol. The van der Waals surface area contributed by atoms with Crippen LogP contribution in [0.2, 0.25) is 0 Å². The van der Waals surface area contributed by atoms with Crippen LogP contribution in [0.25, 0.3) is 0 Å². The van der Waals surface area contributed by atoms with Gasteiger partial charge < -0.3 is 15.7 Å². The molecule has 5 nitrogen and oxygen atoms in total. The lowest BCUT2D eigenvalue weighted by Gasteiger charge is -2.07. The number of fused-ring (bicyclic) bond motifs is 1. The van der Waals surface area contributed by atoms with E-state index in [0.717, 1.165) is 17.7 Å². The molecule has 1 aliphatic heterocycles. The number of carbonyl (C=O) groups is 2. The van der Waals surface area contributed by atoms with Crippen LogP contribution in [0.4, 0.5) is 5.69 Å². The van der Waals surface area contributed by atoms with Crippen molar-refractivity contribution < 1.29 is 14.7 Å². The van der Waals surface area contributed by atoms with Crippen molar-refractivity contribution in [1.29, 1.82) is 0 Å². The molecule has 102 valence electrons. The first-order valence-electron chi connectivity index (χ1n) is 6.45. The predicted molar refractivity (Wildman–Crippen MR) is 72.0 cm³/mol. The fraction of sp³-hybridized carbons (Fsp3) is 0.429. The van der Waals surface area contributed by atoms with Crippen LogP contribution < -0.4 is 10.6 Å². The van der Waals surface area contributed by atoms with Crippen LogP contribution in [-0.4, -0.2) is 29.6 Å². The monoisotopic (exact) mass is 262 g/mol. The first kappa shape index (κ1) is 13.5. The van der Waals surface area contributed by atoms with E-state index in [1.165, 1.54) is 0 Å². The molecule has 1 aromatic carbocycles. The van der Waals surface area contributed by atoms with Crippen LogP contribution in [0, 0.1) is 0 Å². The van der Waals surface area contributed by atoms with E-state index in [-0.39, 0.29) is 17.9 Å². The smallest absolute Gasteiger partial charge is 0.251 e. The molecule has 0 saturated heterocycles. The summed E-state index contributed by atoms with van der Waals surface area (Å²) in [6.07, 6.45) is 1.41. The number of hydrogen-bond acceptors (Lipinski definition) is 3. The normalized spacial score (nSPS) is 14.7. The Kier molecular flexibility index (Phi) is 4.16. The van der Waals surface area contributed by atoms with Crippen molar-refractivity contribution in [3.05, 3.63) is 29.3 Å². The highest BCUT2D eigenvalue weighted by Crippen LogP contribution is 2.23. The number of carbonyl (C=O) groups excluding carboxylic acids is 2. The maximum Gasteiger partial charge on any atom is 0.251 e. The first-order valence-corrected chi connectivity index (χ1v) is 6.45. The molecule has 1 heterocycles. The van der Waals surface area contributed by atoms with Crippen molar-refractivity contribution in [3.63, 3.8) is 0 Å². The zero-order chi connectivity index (χ0) is 13.8. The number of benzene rings is 1. The molecular weight excluding hydrogens is 244 g/mol. The van der Waals surface area contributed by atoms with Crippen LogP contribution >= 0.6 is 0 Å². The Hall–Kier alpha value is -1.88. The van der Waals surface area contributed by atoms with E-state index >= 15 is 0 Å². The summed E-state index contributed by atoms with van der Waals surface area (Å²) in [5, 5.41) is 14.6. The van der Waals surface area contributed by atoms with E-state index in [4.69, 9.17) is 5.11 Å². The van der Waals surface area contributed by atoms with Crippen LogP contribution in [0.1, 0.15) is 35.7 Å². The Morgan fingerprint density at radius 2 is 2.32 bits per heavy atom. The van der Waals surface area contributed by atoms with Crippen molar-refractivity contribution in [3.8, 4) is 0 Å². The Morgan fingerprint density at radius 3 is 3.05 bits per heavy atom. The topological polar surface area (TPSA) is 78.4 Å². The third-order valence-corrected chi connectivity index (χ3v) is 3.08. The molecule has 0 aliphatic carbocycles. The Labute approximate surface area is 112 Å². The van der Waals surface area contributed by atoms with Crippen molar-refractivity contribution in [2.24, 2.45) is 0 Å². The summed E-state index contributed by atoms with van der Waals surface area (Å²) in [7, 11) is 0. The summed E-state index contributed by atoms with van der Waals surface area (Å²) >= 11 is 0. The molecule has 0 bridgehead atoms. The molecule has 1 atom stereocenters. The number of anilines is 1. The van der Waals surface area contributed by atoms with Crippen LogP contribution in [0.15, 0.2) is 18.2 Å². The summed E-state index contributed by atoms with van der Waals surface area (Å²) in [4.78, 5) is 23.1. The Balaban J connectivity index is 1.90. The number of nitrogens with one attached hydrogen (secondary N) is 2. The minimum absolute atomic E-state index is 0.0375. The molecule has 1 aliphatic rings. The molecular formula is C14H18N2O3. The van der Waals surface area contributed by atoms with Crippen LogP contribution in [0.3, 0.4) is 0 Å². The van der Waals surface area contributed by atoms with Gasteiger partial charge in [0.25, 0.3) is 5.91 Å². The molecule has 2 rings (SSSR count). The van der Waals surface area contributed by atoms with Crippen molar-refractivity contribution in [1.82, 2.24) is 5.32 Å². The number of hydrogen-bond donors (Lipinski definition) is 3. The number of aliphatic hydroxyl groups excluding tert-OH is 1. The lowest BCUT2D eigenvalue weighted by molar-refractivity contribution is -0.115. The van der Waals surface area contributed by atoms with Gasteiger partial charge in [-0.05, 0) is 43.5 Å². The molecule has 19 heavy (non-hydrogen) atoms. The summed E-state index contributed by atoms with van der Waals surface area (Å²) in [6.45, 7) is 2.27. The van der Waals surface area contributed by atoms with E-state index < -0.39 is 0 Å². The lowest BCUT2D eigenvalue weighted by atomic mass is 10.1. The van der Waals surface area contributed by atoms with Gasteiger partial charge in [-0.25, -0.2) is 0 Å². The molecule has 1 unspecified atom stereocenters. The van der Waals surface area contributed by atoms with Gasteiger partial charge in [-0.2, -0.15) is 0 Å². The summed E-state index contributed by atoms with van der Waals surface area (Å²) in [5.41, 5.74) is 2.21. The SMILES string of the molecule is CC(O)CCCNC(=O)c1ccc2c(c1)CC(=O)N2. The summed E-state index contributed by atoms with van der Waals surface area (Å²) in [6, 6.07) is 5.20. The number of amides is 2. The standard InChI is InChI=1S/C14H18N2O3/c1-9(17)3-2-6-15-14(19)10-4-5-12-11(7-10)8-13(18)16-12/h4-5,7,9,17H,2-3,6,8H2,1H3,(H,15,19)(H,16,18). The van der Waals surface area contributed by atoms with E-state index in [9.17, 15) is 9.59 Å². The fourth-order valence-electron chi connectivity index (χ4n) is 2.07. The minimum Gasteiger partial charge on any atom is -0.393 e. The van der Waals surface area contributed by atoms with Gasteiger partial charge >= 0.3 is 0 Å². The molecule has 0 spiro atoms. The van der Waals surface area contributed by atoms with Crippen LogP contribution in [0.5, 0.6) is 0 Å². The second-order valence-electron chi connectivity index (χ2n) is 4.84. The molecule has 0 radical (unpaired) electrons. The fourth-order valence-corrected chi connectivity index (χ4v) is 2.07. The van der Waals surface area contributed by atoms with Gasteiger partial charge in [0.2, 0.25) is 5.91 Å². The minimum atomic E-state index is -0.339. The van der Waals surface area contributed by atoms with E-state index in [2.05, 4.69) is 10.6 Å². The second-order valence-corrected chi connectivity index (χ2v) is 4.84. The second kappa shape index (κ2) is 5.84. The van der Waals surface area contributed by atoms with Gasteiger partial charge in [0, 0.05) is 17.8 Å². The van der Waals surface area contributed by atoms with Crippen molar-refractivity contribution in [2.75, 3.05) is 11.9 Å². The molecule has 3 N–H and O–H groups in total. The van der Waals surface area contributed by atoms with Crippen molar-refractivity contribution in [2.45, 2.75) is 32.3 Å². The third-order valence-electron chi connectivity index (χ3n) is 3.08. The number of aliphatic hydroxyl groups is 1. The van der Waals surface area contributed by atoms with Gasteiger partial charge in [0.15, 0.2) is 0 Å². The quantitative estimate of drug-likeness (QED) is 0.695. The third kappa shape index (κ3) is 3.54. The van der Waals surface area contributed by atoms with Crippen LogP contribution in [-0.2, 0) is 11.2 Å². The molecule has 0 aromatic heterocycles. The van der Waals surface area contributed by atoms with Gasteiger partial charge in [-0.15, -0.1) is 0 Å². The van der Waals surface area contributed by atoms with E-state index in [1.807, 2.05) is 0 Å². The molecule has 0 saturated carbocycles. The predicted octanol–water partition coefficient (Wildman–Crippen LogP) is 1.07. The zero-order valence-electron chi connectivity index (χ0n) is 10.9. The largest absolute Gasteiger partial charge is 0.393 e. The highest BCUT2D eigenvalue weighted by atomic mass is 16.3. The average Bonchev–Trinajstić information content (AvgIpc) is 2.73. The number of rotatable bonds is 5. The Bertz CT molecular complexity index is 497. The van der Waals surface area contributed by atoms with Gasteiger partial charge in [-0.1, -0.05) is 0 Å². The van der Waals surface area contributed by atoms with E-state index in [1.54, 1.807) is 25.1 Å². The Morgan fingerprint density at radius 1 is 1.53 bits per heavy atom. The molecule has 2 amide bonds. The van der Waals surface area contributed by atoms with Gasteiger partial charge in [0.05, 0.1) is 12.5 Å². The van der Waals surface area contributed by atoms with E-state index in [0.29, 0.717) is 24.9 Å². The summed E-state index contributed by atoms with van der Waals surface area (Å²) in [5.74, 6) is -0.183. The van der Waals surface area contributed by atoms with Gasteiger partial charge in [0.1, 0.15) is 0 Å². The molecule has 5 heteroatoms. The zero-order valence-corrected chi connectivity index (χ0v) is 10.9. The molecule has 1 aromatic rings. The highest BCUT2D eigenvalue weighted by Gasteiger charge is 2.18. The maximum atomic E-state index is 11.9. The van der Waals surface area contributed by atoms with Gasteiger partial charge in [-0.3, -0.25) is 9.59 Å². The molecule has 0 fully saturated rings. The summed E-state index contributed by atoms with van der Waals surface area (Å²) < 4.78 is 0. The highest BCUT2D eigenvalue weighted by molar-refractivity contribution is 6.01. The van der Waals surface area contributed by atoms with Crippen molar-refractivity contribution >= 4 is 17.5 Å². The maximum absolute atomic E-state index is 11.9.